The molecule has 4 rings (SSSR count). The van der Waals surface area contributed by atoms with Gasteiger partial charge in [0, 0.05) is 11.6 Å². The number of amides is 2. The summed E-state index contributed by atoms with van der Waals surface area (Å²) in [4.78, 5) is 27.7. The highest BCUT2D eigenvalue weighted by molar-refractivity contribution is 6.47. The van der Waals surface area contributed by atoms with Crippen LogP contribution in [-0.4, -0.2) is 29.3 Å². The third-order valence-corrected chi connectivity index (χ3v) is 5.65. The molecule has 1 aromatic heterocycles. The Morgan fingerprint density at radius 3 is 2.60 bits per heavy atom. The summed E-state index contributed by atoms with van der Waals surface area (Å²) in [6.45, 7) is 1.65. The number of nitrogens with one attached hydrogen (secondary N) is 2. The molecule has 1 aliphatic rings. The molecule has 35 heavy (non-hydrogen) atoms. The van der Waals surface area contributed by atoms with Crippen LogP contribution in [0.3, 0.4) is 0 Å². The number of hydrazone groups is 1. The molecular weight excluding hydrogens is 493 g/mol. The average Bonchev–Trinajstić information content (AvgIpc) is 3.67. The number of nitriles is 1. The Kier molecular flexibility index (Phi) is 7.34. The van der Waals surface area contributed by atoms with Gasteiger partial charge >= 0.3 is 6.09 Å². The number of halogens is 2. The van der Waals surface area contributed by atoms with E-state index < -0.39 is 17.7 Å². The number of carbonyl (C=O) groups excluding carboxylic acids is 2. The van der Waals surface area contributed by atoms with Gasteiger partial charge in [-0.15, -0.1) is 0 Å². The maximum absolute atomic E-state index is 12.0. The van der Waals surface area contributed by atoms with Gasteiger partial charge in [-0.1, -0.05) is 23.2 Å². The topological polar surface area (TPSA) is 126 Å². The monoisotopic (exact) mass is 511 g/mol. The lowest BCUT2D eigenvalue weighted by Gasteiger charge is -2.13. The van der Waals surface area contributed by atoms with Gasteiger partial charge in [0.2, 0.25) is 5.71 Å². The van der Waals surface area contributed by atoms with Crippen molar-refractivity contribution in [2.24, 2.45) is 5.10 Å². The van der Waals surface area contributed by atoms with Gasteiger partial charge in [0.25, 0.3) is 5.91 Å². The summed E-state index contributed by atoms with van der Waals surface area (Å²) in [5.41, 5.74) is 4.36. The summed E-state index contributed by atoms with van der Waals surface area (Å²) in [5, 5.41) is 16.1. The van der Waals surface area contributed by atoms with Gasteiger partial charge in [-0.2, -0.15) is 10.4 Å². The van der Waals surface area contributed by atoms with Crippen molar-refractivity contribution >= 4 is 57.5 Å². The van der Waals surface area contributed by atoms with Gasteiger partial charge < -0.3 is 9.47 Å². The summed E-state index contributed by atoms with van der Waals surface area (Å²) in [6, 6.07) is 12.2. The van der Waals surface area contributed by atoms with Crippen molar-refractivity contribution in [2.75, 3.05) is 12.0 Å². The number of hydrogen-bond donors (Lipinski definition) is 2. The third kappa shape index (κ3) is 5.80. The maximum Gasteiger partial charge on any atom is 0.414 e. The molecule has 178 valence electrons. The number of hydrogen-bond acceptors (Lipinski definition) is 8. The molecule has 2 N–H and O–H groups in total. The Morgan fingerprint density at radius 2 is 1.94 bits per heavy atom. The predicted molar refractivity (Wildman–Crippen MR) is 132 cm³/mol. The number of pyridine rings is 1. The lowest BCUT2D eigenvalue weighted by atomic mass is 10.1. The van der Waals surface area contributed by atoms with Crippen molar-refractivity contribution < 1.29 is 19.1 Å². The van der Waals surface area contributed by atoms with E-state index >= 15 is 0 Å². The van der Waals surface area contributed by atoms with E-state index in [1.807, 2.05) is 29.7 Å². The molecule has 9 nitrogen and oxygen atoms in total. The van der Waals surface area contributed by atoms with E-state index in [0.717, 1.165) is 23.7 Å². The molecule has 1 saturated carbocycles. The smallest absolute Gasteiger partial charge is 0.414 e. The Balaban J connectivity index is 1.51. The van der Waals surface area contributed by atoms with E-state index in [-0.39, 0.29) is 22.4 Å². The Morgan fingerprint density at radius 1 is 1.20 bits per heavy atom. The zero-order valence-corrected chi connectivity index (χ0v) is 20.0. The van der Waals surface area contributed by atoms with Crippen LogP contribution in [0.1, 0.15) is 31.2 Å². The Hall–Kier alpha value is -3.87. The molecule has 0 radical (unpaired) electrons. The molecule has 11 heteroatoms. The Bertz CT molecular complexity index is 1360. The number of aromatic nitrogens is 1. The molecule has 3 aromatic rings. The van der Waals surface area contributed by atoms with Crippen molar-refractivity contribution in [3.8, 4) is 17.6 Å². The van der Waals surface area contributed by atoms with Gasteiger partial charge in [-0.3, -0.25) is 20.5 Å². The van der Waals surface area contributed by atoms with Crippen LogP contribution < -0.4 is 15.5 Å². The first kappa shape index (κ1) is 24.3. The standard InChI is InChI=1S/C24H19Cl2N5O4/c1-2-34-24(33)29-23(32)21(12-27)31-30-14-9-18(25)22(19(26)10-14)35-15-5-6-20-17(11-15)16(7-8-28-20)13-3-4-13/h5-11,13,30H,2-4H2,1H3,(H,29,32,33)/b31-21+. The first-order valence-corrected chi connectivity index (χ1v) is 11.4. The second-order valence-electron chi connectivity index (χ2n) is 7.58. The molecule has 1 heterocycles. The summed E-state index contributed by atoms with van der Waals surface area (Å²) >= 11 is 12.8. The number of ether oxygens (including phenoxy) is 2. The van der Waals surface area contributed by atoms with Crippen LogP contribution in [0, 0.1) is 11.3 Å². The van der Waals surface area contributed by atoms with Crippen molar-refractivity contribution in [3.63, 3.8) is 0 Å². The van der Waals surface area contributed by atoms with E-state index in [4.69, 9.17) is 33.2 Å². The fourth-order valence-electron chi connectivity index (χ4n) is 3.37. The van der Waals surface area contributed by atoms with E-state index in [9.17, 15) is 9.59 Å². The molecule has 1 fully saturated rings. The molecule has 2 aromatic carbocycles. The SMILES string of the molecule is CCOC(=O)NC(=O)/C(C#N)=N/Nc1cc(Cl)c(Oc2ccc3nccc(C4CC4)c3c2)c(Cl)c1. The molecule has 0 saturated heterocycles. The number of nitrogens with zero attached hydrogens (tertiary/aromatic N) is 3. The van der Waals surface area contributed by atoms with Gasteiger partial charge in [-0.05, 0) is 67.6 Å². The number of benzene rings is 2. The van der Waals surface area contributed by atoms with E-state index in [1.54, 1.807) is 19.1 Å². The average molecular weight is 512 g/mol. The van der Waals surface area contributed by atoms with Crippen molar-refractivity contribution in [2.45, 2.75) is 25.7 Å². The zero-order chi connectivity index (χ0) is 24.9. The van der Waals surface area contributed by atoms with Gasteiger partial charge in [0.1, 0.15) is 11.8 Å². The van der Waals surface area contributed by atoms with Crippen molar-refractivity contribution in [1.82, 2.24) is 10.3 Å². The number of anilines is 1. The second-order valence-corrected chi connectivity index (χ2v) is 8.40. The highest BCUT2D eigenvalue weighted by atomic mass is 35.5. The van der Waals surface area contributed by atoms with Crippen LogP contribution >= 0.6 is 23.2 Å². The van der Waals surface area contributed by atoms with Gasteiger partial charge in [-0.25, -0.2) is 4.79 Å². The lowest BCUT2D eigenvalue weighted by Crippen LogP contribution is -2.36. The van der Waals surface area contributed by atoms with E-state index in [1.165, 1.54) is 17.7 Å². The molecule has 2 amide bonds. The van der Waals surface area contributed by atoms with Crippen molar-refractivity contribution in [1.29, 1.82) is 5.26 Å². The highest BCUT2D eigenvalue weighted by Gasteiger charge is 2.25. The lowest BCUT2D eigenvalue weighted by molar-refractivity contribution is -0.114. The van der Waals surface area contributed by atoms with Gasteiger partial charge in [0.05, 0.1) is 27.9 Å². The normalized spacial score (nSPS) is 13.1. The van der Waals surface area contributed by atoms with Crippen LogP contribution in [0.15, 0.2) is 47.7 Å². The highest BCUT2D eigenvalue weighted by Crippen LogP contribution is 2.44. The van der Waals surface area contributed by atoms with Crippen LogP contribution in [-0.2, 0) is 9.53 Å². The summed E-state index contributed by atoms with van der Waals surface area (Å²) < 4.78 is 10.6. The minimum Gasteiger partial charge on any atom is -0.454 e. The molecule has 0 unspecified atom stereocenters. The van der Waals surface area contributed by atoms with Crippen LogP contribution in [0.2, 0.25) is 10.0 Å². The quantitative estimate of drug-likeness (QED) is 0.304. The number of rotatable bonds is 7. The molecule has 1 aliphatic carbocycles. The minimum atomic E-state index is -1.02. The van der Waals surface area contributed by atoms with E-state index in [2.05, 4.69) is 20.2 Å². The fourth-order valence-corrected chi connectivity index (χ4v) is 3.93. The predicted octanol–water partition coefficient (Wildman–Crippen LogP) is 5.78. The first-order valence-electron chi connectivity index (χ1n) is 10.7. The molecule has 0 aliphatic heterocycles. The summed E-state index contributed by atoms with van der Waals surface area (Å²) in [5.74, 6) is 0.315. The number of carbonyl (C=O) groups is 2. The number of fused-ring (bicyclic) bond motifs is 1. The van der Waals surface area contributed by atoms with Crippen molar-refractivity contribution in [3.05, 3.63) is 58.2 Å². The number of imide groups is 1. The first-order chi connectivity index (χ1) is 16.9. The molecule has 0 spiro atoms. The zero-order valence-electron chi connectivity index (χ0n) is 18.5. The summed E-state index contributed by atoms with van der Waals surface area (Å²) in [6.07, 6.45) is 3.16. The second kappa shape index (κ2) is 10.6. The van der Waals surface area contributed by atoms with Crippen LogP contribution in [0.5, 0.6) is 11.5 Å². The number of alkyl carbamates (subject to hydrolysis) is 1. The van der Waals surface area contributed by atoms with E-state index in [0.29, 0.717) is 17.4 Å². The summed E-state index contributed by atoms with van der Waals surface area (Å²) in [7, 11) is 0. The van der Waals surface area contributed by atoms with Crippen LogP contribution in [0.4, 0.5) is 10.5 Å². The third-order valence-electron chi connectivity index (χ3n) is 5.09. The maximum atomic E-state index is 12.0. The van der Waals surface area contributed by atoms with Gasteiger partial charge in [0.15, 0.2) is 5.75 Å². The minimum absolute atomic E-state index is 0.0690. The molecular formula is C24H19Cl2N5O4. The molecule has 0 bridgehead atoms. The van der Waals surface area contributed by atoms with Crippen LogP contribution in [0.25, 0.3) is 10.9 Å². The fraction of sp³-hybridized carbons (Fsp3) is 0.208. The molecule has 0 atom stereocenters. The largest absolute Gasteiger partial charge is 0.454 e. The Labute approximate surface area is 210 Å².